The molecule has 3 nitrogen and oxygen atoms in total. The molecule has 1 heterocycles. The van der Waals surface area contributed by atoms with E-state index in [1.807, 2.05) is 38.1 Å². The normalized spacial score (nSPS) is 19.6. The van der Waals surface area contributed by atoms with Crippen LogP contribution in [0.15, 0.2) is 64.1 Å². The maximum absolute atomic E-state index is 4.74. The summed E-state index contributed by atoms with van der Waals surface area (Å²) >= 11 is 0. The zero-order valence-corrected chi connectivity index (χ0v) is 12.3. The molecule has 0 spiro atoms. The third-order valence-electron chi connectivity index (χ3n) is 3.01. The molecule has 20 heavy (non-hydrogen) atoms. The van der Waals surface area contributed by atoms with E-state index in [1.165, 1.54) is 0 Å². The molecule has 0 aliphatic carbocycles. The molecule has 1 aliphatic rings. The van der Waals surface area contributed by atoms with Gasteiger partial charge in [-0.05, 0) is 25.8 Å². The van der Waals surface area contributed by atoms with Crippen LogP contribution < -0.4 is 5.32 Å². The largest absolute Gasteiger partial charge is 0.329 e. The molecule has 2 rings (SSSR count). The quantitative estimate of drug-likeness (QED) is 0.830. The number of nitrogens with zero attached hydrogens (tertiary/aromatic N) is 2. The van der Waals surface area contributed by atoms with Crippen molar-refractivity contribution in [1.82, 2.24) is 5.32 Å². The fourth-order valence-corrected chi connectivity index (χ4v) is 2.15. The molecule has 0 saturated heterocycles. The van der Waals surface area contributed by atoms with Gasteiger partial charge in [0.1, 0.15) is 11.7 Å². The van der Waals surface area contributed by atoms with Crippen molar-refractivity contribution < 1.29 is 0 Å². The summed E-state index contributed by atoms with van der Waals surface area (Å²) in [6.45, 7) is 6.12. The van der Waals surface area contributed by atoms with Crippen LogP contribution in [0.2, 0.25) is 0 Å². The second kappa shape index (κ2) is 6.85. The Labute approximate surface area is 120 Å². The van der Waals surface area contributed by atoms with Gasteiger partial charge < -0.3 is 5.32 Å². The zero-order valence-electron chi connectivity index (χ0n) is 12.3. The summed E-state index contributed by atoms with van der Waals surface area (Å²) in [5, 5.41) is 3.25. The molecular formula is C17H21N3. The van der Waals surface area contributed by atoms with Crippen LogP contribution in [0.3, 0.4) is 0 Å². The van der Waals surface area contributed by atoms with Gasteiger partial charge in [-0.2, -0.15) is 0 Å². The van der Waals surface area contributed by atoms with Crippen molar-refractivity contribution in [3.05, 3.63) is 59.7 Å². The van der Waals surface area contributed by atoms with Crippen LogP contribution in [0.1, 0.15) is 32.8 Å². The Balaban J connectivity index is 2.35. The first kappa shape index (κ1) is 14.3. The Morgan fingerprint density at radius 2 is 2.00 bits per heavy atom. The molecule has 1 aliphatic heterocycles. The first-order chi connectivity index (χ1) is 9.74. The molecule has 0 amide bonds. The molecule has 104 valence electrons. The van der Waals surface area contributed by atoms with Crippen LogP contribution in [0, 0.1) is 0 Å². The Bertz CT molecular complexity index is 565. The van der Waals surface area contributed by atoms with Crippen molar-refractivity contribution in [3.63, 3.8) is 0 Å². The molecule has 0 aromatic heterocycles. The fraction of sp³-hybridized carbons (Fsp3) is 0.294. The van der Waals surface area contributed by atoms with Gasteiger partial charge in [0.15, 0.2) is 6.17 Å². The molecule has 1 atom stereocenters. The van der Waals surface area contributed by atoms with Crippen LogP contribution in [-0.4, -0.2) is 17.8 Å². The lowest BCUT2D eigenvalue weighted by Crippen LogP contribution is -2.35. The van der Waals surface area contributed by atoms with Gasteiger partial charge in [-0.3, -0.25) is 0 Å². The zero-order chi connectivity index (χ0) is 14.4. The molecule has 0 fully saturated rings. The Kier molecular flexibility index (Phi) is 4.88. The smallest absolute Gasteiger partial charge is 0.169 e. The van der Waals surface area contributed by atoms with Crippen LogP contribution in [-0.2, 0) is 0 Å². The van der Waals surface area contributed by atoms with Gasteiger partial charge in [-0.25, -0.2) is 9.98 Å². The van der Waals surface area contributed by atoms with Gasteiger partial charge in [0, 0.05) is 5.56 Å². The molecule has 0 bridgehead atoms. The summed E-state index contributed by atoms with van der Waals surface area (Å²) < 4.78 is 0. The monoisotopic (exact) mass is 267 g/mol. The highest BCUT2D eigenvalue weighted by molar-refractivity contribution is 6.10. The average molecular weight is 267 g/mol. The molecule has 1 N–H and O–H groups in total. The molecule has 1 aromatic rings. The topological polar surface area (TPSA) is 36.8 Å². The van der Waals surface area contributed by atoms with Gasteiger partial charge in [0.2, 0.25) is 0 Å². The van der Waals surface area contributed by atoms with Gasteiger partial charge in [0.25, 0.3) is 0 Å². The number of amidine groups is 2. The second-order valence-corrected chi connectivity index (χ2v) is 4.67. The summed E-state index contributed by atoms with van der Waals surface area (Å²) in [7, 11) is 0. The third kappa shape index (κ3) is 3.44. The van der Waals surface area contributed by atoms with E-state index in [9.17, 15) is 0 Å². The fourth-order valence-electron chi connectivity index (χ4n) is 2.15. The van der Waals surface area contributed by atoms with Crippen molar-refractivity contribution >= 4 is 11.7 Å². The first-order valence-electron chi connectivity index (χ1n) is 7.02. The van der Waals surface area contributed by atoms with E-state index >= 15 is 0 Å². The van der Waals surface area contributed by atoms with E-state index in [4.69, 9.17) is 4.99 Å². The van der Waals surface area contributed by atoms with Crippen molar-refractivity contribution in [2.24, 2.45) is 9.98 Å². The highest BCUT2D eigenvalue weighted by Crippen LogP contribution is 2.16. The predicted molar refractivity (Wildman–Crippen MR) is 86.2 cm³/mol. The number of rotatable bonds is 4. The lowest BCUT2D eigenvalue weighted by atomic mass is 10.1. The van der Waals surface area contributed by atoms with Crippen molar-refractivity contribution in [2.45, 2.75) is 33.4 Å². The van der Waals surface area contributed by atoms with E-state index < -0.39 is 0 Å². The van der Waals surface area contributed by atoms with Crippen molar-refractivity contribution in [3.8, 4) is 0 Å². The maximum Gasteiger partial charge on any atom is 0.169 e. The molecule has 1 unspecified atom stereocenters. The first-order valence-corrected chi connectivity index (χ1v) is 7.02. The summed E-state index contributed by atoms with van der Waals surface area (Å²) in [6, 6.07) is 10.2. The van der Waals surface area contributed by atoms with E-state index in [-0.39, 0.29) is 6.17 Å². The number of hydrogen-bond acceptors (Lipinski definition) is 3. The standard InChI is InChI=1S/C17H21N3/c1-4-9-14(10-5-2)16-18-13(3)19-17(20-16)15-11-7-6-8-12-15/h4,6-12,16H,5H2,1-3H3,(H,18,19,20)/b9-4-,14-10+. The summed E-state index contributed by atoms with van der Waals surface area (Å²) in [4.78, 5) is 9.33. The van der Waals surface area contributed by atoms with Crippen molar-refractivity contribution in [1.29, 1.82) is 0 Å². The minimum Gasteiger partial charge on any atom is -0.329 e. The highest BCUT2D eigenvalue weighted by Gasteiger charge is 2.17. The number of hydrogen-bond donors (Lipinski definition) is 1. The van der Waals surface area contributed by atoms with E-state index in [1.54, 1.807) is 0 Å². The van der Waals surface area contributed by atoms with Gasteiger partial charge >= 0.3 is 0 Å². The average Bonchev–Trinajstić information content (AvgIpc) is 2.47. The lowest BCUT2D eigenvalue weighted by molar-refractivity contribution is 0.806. The maximum atomic E-state index is 4.74. The van der Waals surface area contributed by atoms with Crippen LogP contribution in [0.5, 0.6) is 0 Å². The number of nitrogens with one attached hydrogen (secondary N) is 1. The van der Waals surface area contributed by atoms with Crippen LogP contribution in [0.25, 0.3) is 0 Å². The Morgan fingerprint density at radius 3 is 2.65 bits per heavy atom. The summed E-state index contributed by atoms with van der Waals surface area (Å²) in [5.74, 6) is 1.78. The van der Waals surface area contributed by atoms with Gasteiger partial charge in [-0.1, -0.05) is 55.5 Å². The predicted octanol–water partition coefficient (Wildman–Crippen LogP) is 3.69. The van der Waals surface area contributed by atoms with Gasteiger partial charge in [-0.15, -0.1) is 0 Å². The van der Waals surface area contributed by atoms with Crippen LogP contribution >= 0.6 is 0 Å². The molecule has 1 aromatic carbocycles. The molecular weight excluding hydrogens is 246 g/mol. The highest BCUT2D eigenvalue weighted by atomic mass is 15.2. The summed E-state index contributed by atoms with van der Waals surface area (Å²) in [5.41, 5.74) is 2.23. The number of aliphatic imine (C=N–C) groups is 2. The number of benzene rings is 1. The molecule has 0 saturated carbocycles. The van der Waals surface area contributed by atoms with Gasteiger partial charge in [0.05, 0.1) is 0 Å². The number of allylic oxidation sites excluding steroid dienone is 2. The summed E-state index contributed by atoms with van der Waals surface area (Å²) in [6.07, 6.45) is 7.13. The molecule has 0 radical (unpaired) electrons. The minimum atomic E-state index is -0.150. The lowest BCUT2D eigenvalue weighted by Gasteiger charge is -2.20. The van der Waals surface area contributed by atoms with E-state index in [0.29, 0.717) is 0 Å². The Morgan fingerprint density at radius 1 is 1.25 bits per heavy atom. The van der Waals surface area contributed by atoms with Crippen molar-refractivity contribution in [2.75, 3.05) is 0 Å². The SMILES string of the molecule is C/C=C\C(=C/CC)C1N=C(C)NC(c2ccccc2)=N1. The molecule has 3 heteroatoms. The Hall–Kier alpha value is -2.16. The third-order valence-corrected chi connectivity index (χ3v) is 3.01. The van der Waals surface area contributed by atoms with Crippen LogP contribution in [0.4, 0.5) is 0 Å². The van der Waals surface area contributed by atoms with E-state index in [0.717, 1.165) is 29.2 Å². The minimum absolute atomic E-state index is 0.150. The second-order valence-electron chi connectivity index (χ2n) is 4.67. The van der Waals surface area contributed by atoms with E-state index in [2.05, 4.69) is 41.5 Å².